The summed E-state index contributed by atoms with van der Waals surface area (Å²) in [7, 11) is 1.45. The van der Waals surface area contributed by atoms with E-state index in [9.17, 15) is 24.2 Å². The lowest BCUT2D eigenvalue weighted by molar-refractivity contribution is -0.151. The summed E-state index contributed by atoms with van der Waals surface area (Å²) in [6, 6.07) is 11.0. The molecule has 5 rings (SSSR count). The maximum absolute atomic E-state index is 14.0. The van der Waals surface area contributed by atoms with Gasteiger partial charge in [-0.25, -0.2) is 19.2 Å². The minimum absolute atomic E-state index is 0.151. The molecule has 1 aliphatic rings. The largest absolute Gasteiger partial charge is 0.496 e. The highest BCUT2D eigenvalue weighted by Crippen LogP contribution is 2.45. The maximum atomic E-state index is 14.0. The zero-order valence-electron chi connectivity index (χ0n) is 23.1. The average molecular weight is 565 g/mol. The van der Waals surface area contributed by atoms with E-state index >= 15 is 0 Å². The van der Waals surface area contributed by atoms with Gasteiger partial charge in [-0.1, -0.05) is 12.1 Å². The summed E-state index contributed by atoms with van der Waals surface area (Å²) in [6.45, 7) is 3.94. The Kier molecular flexibility index (Phi) is 7.30. The number of imidazole rings is 1. The van der Waals surface area contributed by atoms with Crippen molar-refractivity contribution in [1.82, 2.24) is 24.4 Å². The minimum atomic E-state index is -1.17. The van der Waals surface area contributed by atoms with E-state index in [2.05, 4.69) is 15.3 Å². The van der Waals surface area contributed by atoms with Crippen molar-refractivity contribution in [2.45, 2.75) is 57.8 Å². The predicted molar refractivity (Wildman–Crippen MR) is 150 cm³/mol. The van der Waals surface area contributed by atoms with Crippen LogP contribution in [0.1, 0.15) is 56.9 Å². The van der Waals surface area contributed by atoms with Crippen molar-refractivity contribution < 1.29 is 24.1 Å². The molecule has 1 atom stereocenters. The number of carbonyl (C=O) groups is 1. The molecular weight excluding hydrogens is 531 g/mol. The molecule has 0 spiro atoms. The lowest BCUT2D eigenvalue weighted by Crippen LogP contribution is -2.45. The number of nitrogen functional groups attached to an aromatic ring is 1. The number of aliphatic hydroxyl groups excluding tert-OH is 1. The molecule has 0 aliphatic heterocycles. The number of aliphatic carboxylic acids is 1. The highest BCUT2D eigenvalue weighted by molar-refractivity contribution is 5.84. The van der Waals surface area contributed by atoms with Crippen LogP contribution < -0.4 is 21.5 Å². The Morgan fingerprint density at radius 2 is 1.83 bits per heavy atom. The van der Waals surface area contributed by atoms with Crippen molar-refractivity contribution in [1.29, 1.82) is 0 Å². The number of hydrogen-bond acceptors (Lipinski definition) is 8. The predicted octanol–water partition coefficient (Wildman–Crippen LogP) is 3.47. The van der Waals surface area contributed by atoms with Crippen LogP contribution in [0.5, 0.6) is 5.75 Å². The molecule has 0 bridgehead atoms. The Morgan fingerprint density at radius 3 is 2.46 bits per heavy atom. The molecule has 11 nitrogen and oxygen atoms in total. The molecule has 216 valence electrons. The van der Waals surface area contributed by atoms with E-state index in [1.807, 2.05) is 6.92 Å². The number of rotatable bonds is 8. The fourth-order valence-electron chi connectivity index (χ4n) is 5.56. The molecule has 2 heterocycles. The second-order valence-electron chi connectivity index (χ2n) is 11.1. The number of aromatic nitrogens is 4. The number of nitrogens with one attached hydrogen (secondary N) is 1. The number of anilines is 1. The Morgan fingerprint density at radius 1 is 1.15 bits per heavy atom. The number of hydrogen-bond donors (Lipinski definition) is 4. The lowest BCUT2D eigenvalue weighted by Gasteiger charge is -2.41. The van der Waals surface area contributed by atoms with Crippen molar-refractivity contribution in [3.8, 4) is 11.4 Å². The first-order valence-electron chi connectivity index (χ1n) is 13.3. The number of halogens is 1. The number of fused-ring (bicyclic) bond motifs is 1. The quantitative estimate of drug-likeness (QED) is 0.235. The smallest absolute Gasteiger partial charge is 0.335 e. The van der Waals surface area contributed by atoms with Crippen molar-refractivity contribution >= 4 is 23.0 Å². The van der Waals surface area contributed by atoms with Crippen molar-refractivity contribution in [2.24, 2.45) is 5.41 Å². The van der Waals surface area contributed by atoms with E-state index in [1.165, 1.54) is 36.2 Å². The minimum Gasteiger partial charge on any atom is -0.496 e. The first-order valence-corrected chi connectivity index (χ1v) is 13.3. The fourth-order valence-corrected chi connectivity index (χ4v) is 5.56. The van der Waals surface area contributed by atoms with Gasteiger partial charge in [0.25, 0.3) is 0 Å². The lowest BCUT2D eigenvalue weighted by atomic mass is 9.69. The summed E-state index contributed by atoms with van der Waals surface area (Å²) in [5.41, 5.74) is 6.81. The van der Waals surface area contributed by atoms with E-state index in [1.54, 1.807) is 35.8 Å². The van der Waals surface area contributed by atoms with E-state index < -0.39 is 29.0 Å². The van der Waals surface area contributed by atoms with Crippen LogP contribution in [0.25, 0.3) is 16.9 Å². The van der Waals surface area contributed by atoms with Crippen LogP contribution in [0, 0.1) is 11.2 Å². The van der Waals surface area contributed by atoms with E-state index in [4.69, 9.17) is 10.5 Å². The van der Waals surface area contributed by atoms with Crippen molar-refractivity contribution in [2.75, 3.05) is 12.8 Å². The molecule has 12 heteroatoms. The van der Waals surface area contributed by atoms with Gasteiger partial charge in [0.15, 0.2) is 11.5 Å². The molecule has 0 saturated heterocycles. The van der Waals surface area contributed by atoms with E-state index in [-0.39, 0.29) is 23.6 Å². The molecule has 1 saturated carbocycles. The molecule has 1 fully saturated rings. The highest BCUT2D eigenvalue weighted by Gasteiger charge is 2.44. The highest BCUT2D eigenvalue weighted by atomic mass is 19.1. The van der Waals surface area contributed by atoms with Crippen molar-refractivity contribution in [3.05, 3.63) is 76.2 Å². The molecule has 0 radical (unpaired) electrons. The Labute approximate surface area is 235 Å². The molecular formula is C29H33FN6O5. The number of benzene rings is 2. The third-order valence-corrected chi connectivity index (χ3v) is 8.32. The molecule has 5 N–H and O–H groups in total. The second kappa shape index (κ2) is 10.6. The third-order valence-electron chi connectivity index (χ3n) is 8.32. The first kappa shape index (κ1) is 28.2. The average Bonchev–Trinajstić information content (AvgIpc) is 3.27. The van der Waals surface area contributed by atoms with Crippen LogP contribution in [-0.4, -0.2) is 42.4 Å². The number of carboxylic acid groups (broad SMARTS) is 1. The van der Waals surface area contributed by atoms with Gasteiger partial charge >= 0.3 is 11.7 Å². The van der Waals surface area contributed by atoms with Gasteiger partial charge in [0.2, 0.25) is 0 Å². The van der Waals surface area contributed by atoms with Crippen LogP contribution in [0.15, 0.2) is 53.6 Å². The fraction of sp³-hybridized carbons (Fsp3) is 0.379. The number of ether oxygens (including phenoxy) is 1. The van der Waals surface area contributed by atoms with Gasteiger partial charge in [-0.2, -0.15) is 0 Å². The summed E-state index contributed by atoms with van der Waals surface area (Å²) in [6.07, 6.45) is 1.97. The topological polar surface area (TPSA) is 158 Å². The van der Waals surface area contributed by atoms with Gasteiger partial charge in [0.05, 0.1) is 18.2 Å². The zero-order chi connectivity index (χ0) is 29.5. The SMILES string of the molecule is COc1ccc(F)cc1C(O)NCc1ccc(-n2c(=O)n([C@]3(C)CC[C@](C)(C(=O)O)CC3)c3ncnc(N)c32)cc1. The Hall–Kier alpha value is -4.29. The Balaban J connectivity index is 1.44. The summed E-state index contributed by atoms with van der Waals surface area (Å²) < 4.78 is 22.1. The first-order chi connectivity index (χ1) is 19.5. The molecule has 1 aliphatic carbocycles. The second-order valence-corrected chi connectivity index (χ2v) is 11.1. The van der Waals surface area contributed by atoms with Crippen LogP contribution in [0.4, 0.5) is 10.2 Å². The maximum Gasteiger partial charge on any atom is 0.335 e. The Bertz CT molecular complexity index is 1660. The van der Waals surface area contributed by atoms with Crippen LogP contribution in [0.2, 0.25) is 0 Å². The molecule has 2 aromatic heterocycles. The van der Waals surface area contributed by atoms with Crippen LogP contribution >= 0.6 is 0 Å². The molecule has 1 unspecified atom stereocenters. The molecule has 2 aromatic carbocycles. The number of nitrogens with two attached hydrogens (primary N) is 1. The summed E-state index contributed by atoms with van der Waals surface area (Å²) >= 11 is 0. The van der Waals surface area contributed by atoms with Crippen molar-refractivity contribution in [3.63, 3.8) is 0 Å². The molecule has 4 aromatic rings. The summed E-state index contributed by atoms with van der Waals surface area (Å²) in [5, 5.41) is 23.2. The molecule has 41 heavy (non-hydrogen) atoms. The number of carboxylic acids is 1. The summed E-state index contributed by atoms with van der Waals surface area (Å²) in [4.78, 5) is 34.3. The van der Waals surface area contributed by atoms with E-state index in [0.717, 1.165) is 5.56 Å². The van der Waals surface area contributed by atoms with Gasteiger partial charge in [-0.05, 0) is 75.4 Å². The van der Waals surface area contributed by atoms with Gasteiger partial charge in [0.1, 0.15) is 29.6 Å². The number of methoxy groups -OCH3 is 1. The van der Waals surface area contributed by atoms with Gasteiger partial charge in [-0.15, -0.1) is 0 Å². The van der Waals surface area contributed by atoms with Gasteiger partial charge < -0.3 is 20.7 Å². The standard InChI is InChI=1S/C29H33FN6O5/c1-28(26(38)39)10-12-29(2,13-11-28)36-24-22(23(31)33-16-34-24)35(27(36)40)19-7-4-17(5-8-19)15-32-25(37)20-14-18(30)6-9-21(20)41-3/h4-9,14,16,25,32,37H,10-13,15H2,1-3H3,(H,38,39)(H2,31,33,34)/t25?,28-,29+. The zero-order valence-corrected chi connectivity index (χ0v) is 23.1. The third kappa shape index (κ3) is 5.04. The normalized spacial score (nSPS) is 21.6. The van der Waals surface area contributed by atoms with Crippen LogP contribution in [-0.2, 0) is 16.9 Å². The molecule has 0 amide bonds. The number of aliphatic hydroxyl groups is 1. The van der Waals surface area contributed by atoms with Gasteiger partial charge in [-0.3, -0.25) is 19.2 Å². The van der Waals surface area contributed by atoms with Gasteiger partial charge in [0, 0.05) is 17.6 Å². The monoisotopic (exact) mass is 564 g/mol. The summed E-state index contributed by atoms with van der Waals surface area (Å²) in [5.74, 6) is -0.815. The number of nitrogens with zero attached hydrogens (tertiary/aromatic N) is 4. The van der Waals surface area contributed by atoms with Crippen LogP contribution in [0.3, 0.4) is 0 Å². The van der Waals surface area contributed by atoms with E-state index in [0.29, 0.717) is 48.3 Å².